The Balaban J connectivity index is 2.58. The van der Waals surface area contributed by atoms with Crippen molar-refractivity contribution in [3.05, 3.63) is 29.8 Å². The molecule has 1 unspecified atom stereocenters. The molecule has 1 aromatic carbocycles. The molecule has 0 spiro atoms. The number of amides is 2. The van der Waals surface area contributed by atoms with Gasteiger partial charge in [0.25, 0.3) is 5.91 Å². The van der Waals surface area contributed by atoms with Crippen molar-refractivity contribution in [2.24, 2.45) is 0 Å². The number of rotatable bonds is 8. The maximum Gasteiger partial charge on any atom is 0.251 e. The highest BCUT2D eigenvalue weighted by molar-refractivity contribution is 5.96. The van der Waals surface area contributed by atoms with Gasteiger partial charge in [0.05, 0.1) is 6.54 Å². The van der Waals surface area contributed by atoms with Gasteiger partial charge in [-0.1, -0.05) is 20.8 Å². The summed E-state index contributed by atoms with van der Waals surface area (Å²) in [5, 5.41) is 5.76. The van der Waals surface area contributed by atoms with Gasteiger partial charge in [0.15, 0.2) is 0 Å². The molecule has 1 aromatic rings. The average Bonchev–Trinajstić information content (AvgIpc) is 2.52. The van der Waals surface area contributed by atoms with Gasteiger partial charge in [0.2, 0.25) is 5.91 Å². The molecule has 0 saturated carbocycles. The number of carbonyl (C=O) groups is 2. The van der Waals surface area contributed by atoms with E-state index in [4.69, 9.17) is 0 Å². The lowest BCUT2D eigenvalue weighted by molar-refractivity contribution is -0.117. The maximum atomic E-state index is 12.0. The number of nitrogens with zero attached hydrogens (tertiary/aromatic N) is 1. The van der Waals surface area contributed by atoms with Crippen LogP contribution >= 0.6 is 0 Å². The monoisotopic (exact) mass is 305 g/mol. The summed E-state index contributed by atoms with van der Waals surface area (Å²) in [7, 11) is 0. The summed E-state index contributed by atoms with van der Waals surface area (Å²) in [6.45, 7) is 10.1. The Morgan fingerprint density at radius 3 is 2.18 bits per heavy atom. The van der Waals surface area contributed by atoms with E-state index in [9.17, 15) is 9.59 Å². The Bertz CT molecular complexity index is 481. The number of likely N-dealkylation sites (N-methyl/N-ethyl adjacent to an activating group) is 1. The molecule has 0 heterocycles. The fourth-order valence-corrected chi connectivity index (χ4v) is 1.96. The molecule has 0 aliphatic rings. The SMILES string of the molecule is CCC(C)NC(=O)c1ccc(NC(=O)CN(CC)CC)cc1. The minimum absolute atomic E-state index is 0.0412. The average molecular weight is 305 g/mol. The van der Waals surface area contributed by atoms with Gasteiger partial charge >= 0.3 is 0 Å². The Kier molecular flexibility index (Phi) is 7.60. The zero-order valence-electron chi connectivity index (χ0n) is 14.0. The highest BCUT2D eigenvalue weighted by atomic mass is 16.2. The molecule has 1 atom stereocenters. The van der Waals surface area contributed by atoms with Crippen LogP contribution in [-0.2, 0) is 4.79 Å². The fraction of sp³-hybridized carbons (Fsp3) is 0.529. The number of nitrogens with one attached hydrogen (secondary N) is 2. The number of anilines is 1. The van der Waals surface area contributed by atoms with Gasteiger partial charge in [-0.3, -0.25) is 14.5 Å². The van der Waals surface area contributed by atoms with E-state index in [0.29, 0.717) is 17.8 Å². The van der Waals surface area contributed by atoms with Crippen LogP contribution in [0.5, 0.6) is 0 Å². The number of carbonyl (C=O) groups excluding carboxylic acids is 2. The molecule has 5 heteroatoms. The van der Waals surface area contributed by atoms with E-state index in [1.807, 2.05) is 32.6 Å². The predicted octanol–water partition coefficient (Wildman–Crippen LogP) is 2.50. The van der Waals surface area contributed by atoms with Gasteiger partial charge in [0.1, 0.15) is 0 Å². The topological polar surface area (TPSA) is 61.4 Å². The van der Waals surface area contributed by atoms with Crippen molar-refractivity contribution in [3.63, 3.8) is 0 Å². The lowest BCUT2D eigenvalue weighted by atomic mass is 10.1. The third-order valence-electron chi connectivity index (χ3n) is 3.68. The predicted molar refractivity (Wildman–Crippen MR) is 90.1 cm³/mol. The van der Waals surface area contributed by atoms with Crippen LogP contribution in [0.3, 0.4) is 0 Å². The summed E-state index contributed by atoms with van der Waals surface area (Å²) in [6.07, 6.45) is 0.894. The van der Waals surface area contributed by atoms with Crippen LogP contribution in [0.25, 0.3) is 0 Å². The van der Waals surface area contributed by atoms with Crippen molar-refractivity contribution < 1.29 is 9.59 Å². The van der Waals surface area contributed by atoms with Crippen molar-refractivity contribution in [1.29, 1.82) is 0 Å². The van der Waals surface area contributed by atoms with E-state index in [1.165, 1.54) is 0 Å². The molecule has 122 valence electrons. The van der Waals surface area contributed by atoms with Gasteiger partial charge in [0, 0.05) is 17.3 Å². The molecule has 5 nitrogen and oxygen atoms in total. The normalized spacial score (nSPS) is 12.0. The zero-order valence-corrected chi connectivity index (χ0v) is 14.0. The molecule has 0 fully saturated rings. The summed E-state index contributed by atoms with van der Waals surface area (Å²) in [5.74, 6) is -0.129. The summed E-state index contributed by atoms with van der Waals surface area (Å²) < 4.78 is 0. The first-order chi connectivity index (χ1) is 10.5. The molecule has 1 rings (SSSR count). The summed E-state index contributed by atoms with van der Waals surface area (Å²) in [5.41, 5.74) is 1.30. The van der Waals surface area contributed by atoms with Crippen molar-refractivity contribution in [1.82, 2.24) is 10.2 Å². The molecular formula is C17H27N3O2. The minimum Gasteiger partial charge on any atom is -0.350 e. The van der Waals surface area contributed by atoms with Crippen molar-refractivity contribution in [2.75, 3.05) is 25.0 Å². The van der Waals surface area contributed by atoms with Gasteiger partial charge in [-0.15, -0.1) is 0 Å². The molecular weight excluding hydrogens is 278 g/mol. The zero-order chi connectivity index (χ0) is 16.5. The van der Waals surface area contributed by atoms with E-state index < -0.39 is 0 Å². The third-order valence-corrected chi connectivity index (χ3v) is 3.68. The van der Waals surface area contributed by atoms with Crippen LogP contribution in [0.1, 0.15) is 44.5 Å². The molecule has 0 bridgehead atoms. The first kappa shape index (κ1) is 18.2. The molecule has 0 radical (unpaired) electrons. The second kappa shape index (κ2) is 9.20. The van der Waals surface area contributed by atoms with Gasteiger partial charge in [-0.25, -0.2) is 0 Å². The Labute approximate surface area is 133 Å². The lowest BCUT2D eigenvalue weighted by Gasteiger charge is -2.17. The first-order valence-corrected chi connectivity index (χ1v) is 7.93. The molecule has 2 amide bonds. The molecule has 22 heavy (non-hydrogen) atoms. The Morgan fingerprint density at radius 2 is 1.68 bits per heavy atom. The Hall–Kier alpha value is -1.88. The van der Waals surface area contributed by atoms with Crippen LogP contribution in [0, 0.1) is 0 Å². The van der Waals surface area contributed by atoms with Crippen LogP contribution < -0.4 is 10.6 Å². The second-order valence-electron chi connectivity index (χ2n) is 5.37. The van der Waals surface area contributed by atoms with Crippen molar-refractivity contribution in [2.45, 2.75) is 40.2 Å². The van der Waals surface area contributed by atoms with Gasteiger partial charge < -0.3 is 10.6 Å². The number of benzene rings is 1. The second-order valence-corrected chi connectivity index (χ2v) is 5.37. The standard InChI is InChI=1S/C17H27N3O2/c1-5-13(4)18-17(22)14-8-10-15(11-9-14)19-16(21)12-20(6-2)7-3/h8-11,13H,5-7,12H2,1-4H3,(H,18,22)(H,19,21). The smallest absolute Gasteiger partial charge is 0.251 e. The molecule has 0 aromatic heterocycles. The fourth-order valence-electron chi connectivity index (χ4n) is 1.96. The van der Waals surface area contributed by atoms with E-state index in [1.54, 1.807) is 24.3 Å². The van der Waals surface area contributed by atoms with Crippen LogP contribution in [0.15, 0.2) is 24.3 Å². The van der Waals surface area contributed by atoms with Gasteiger partial charge in [-0.2, -0.15) is 0 Å². The molecule has 0 saturated heterocycles. The van der Waals surface area contributed by atoms with Gasteiger partial charge in [-0.05, 0) is 50.7 Å². The molecule has 2 N–H and O–H groups in total. The van der Waals surface area contributed by atoms with Crippen molar-refractivity contribution >= 4 is 17.5 Å². The molecule has 0 aliphatic heterocycles. The summed E-state index contributed by atoms with van der Waals surface area (Å²) in [4.78, 5) is 25.9. The third kappa shape index (κ3) is 5.85. The number of hydrogen-bond donors (Lipinski definition) is 2. The minimum atomic E-state index is -0.0876. The molecule has 0 aliphatic carbocycles. The summed E-state index contributed by atoms with van der Waals surface area (Å²) in [6, 6.07) is 7.12. The first-order valence-electron chi connectivity index (χ1n) is 7.93. The largest absolute Gasteiger partial charge is 0.350 e. The van der Waals surface area contributed by atoms with E-state index in [0.717, 1.165) is 19.5 Å². The number of hydrogen-bond acceptors (Lipinski definition) is 3. The van der Waals surface area contributed by atoms with Crippen LogP contribution in [0.4, 0.5) is 5.69 Å². The highest BCUT2D eigenvalue weighted by Gasteiger charge is 2.10. The maximum absolute atomic E-state index is 12.0. The Morgan fingerprint density at radius 1 is 1.09 bits per heavy atom. The van der Waals surface area contributed by atoms with E-state index in [-0.39, 0.29) is 17.9 Å². The van der Waals surface area contributed by atoms with E-state index >= 15 is 0 Å². The lowest BCUT2D eigenvalue weighted by Crippen LogP contribution is -2.33. The summed E-state index contributed by atoms with van der Waals surface area (Å²) >= 11 is 0. The van der Waals surface area contributed by atoms with Crippen LogP contribution in [-0.4, -0.2) is 42.4 Å². The van der Waals surface area contributed by atoms with Crippen LogP contribution in [0.2, 0.25) is 0 Å². The van der Waals surface area contributed by atoms with E-state index in [2.05, 4.69) is 10.6 Å². The quantitative estimate of drug-likeness (QED) is 0.775. The highest BCUT2D eigenvalue weighted by Crippen LogP contribution is 2.10. The van der Waals surface area contributed by atoms with Crippen molar-refractivity contribution in [3.8, 4) is 0 Å².